The maximum absolute atomic E-state index is 14.9. The SMILES string of the molecule is CC(F)(P)C1(N)CC1.Cc1ccc(-c2c(C(=O)C3CN3N)c3cc(C(C)(C)F)cnc3n2C2CCCCC2)nc1. The highest BCUT2D eigenvalue weighted by atomic mass is 31.0. The summed E-state index contributed by atoms with van der Waals surface area (Å²) in [5.41, 5.74) is 7.80. The molecule has 216 valence electrons. The molecule has 3 aromatic rings. The Morgan fingerprint density at radius 1 is 1.10 bits per heavy atom. The van der Waals surface area contributed by atoms with Crippen LogP contribution in [0.5, 0.6) is 0 Å². The van der Waals surface area contributed by atoms with Crippen molar-refractivity contribution in [2.75, 3.05) is 6.54 Å². The lowest BCUT2D eigenvalue weighted by Crippen LogP contribution is -2.39. The van der Waals surface area contributed by atoms with Crippen LogP contribution >= 0.6 is 9.24 Å². The van der Waals surface area contributed by atoms with E-state index in [1.54, 1.807) is 12.3 Å². The van der Waals surface area contributed by atoms with Crippen LogP contribution in [0.25, 0.3) is 22.4 Å². The van der Waals surface area contributed by atoms with Gasteiger partial charge in [0.1, 0.15) is 22.8 Å². The van der Waals surface area contributed by atoms with Crippen LogP contribution in [0.2, 0.25) is 0 Å². The highest BCUT2D eigenvalue weighted by molar-refractivity contribution is 7.18. The van der Waals surface area contributed by atoms with Crippen LogP contribution in [0.15, 0.2) is 30.6 Å². The number of hydrogen-bond acceptors (Lipinski definition) is 6. The Balaban J connectivity index is 0.000000348. The molecule has 3 aromatic heterocycles. The van der Waals surface area contributed by atoms with Gasteiger partial charge in [0.25, 0.3) is 0 Å². The minimum absolute atomic E-state index is 0.0416. The first-order chi connectivity index (χ1) is 18.7. The van der Waals surface area contributed by atoms with Crippen molar-refractivity contribution in [1.29, 1.82) is 0 Å². The largest absolute Gasteiger partial charge is 0.322 e. The van der Waals surface area contributed by atoms with Crippen LogP contribution in [0, 0.1) is 6.92 Å². The fourth-order valence-corrected chi connectivity index (χ4v) is 5.78. The quantitative estimate of drug-likeness (QED) is 0.166. The number of pyridine rings is 2. The molecular formula is C30H41F2N6OP. The minimum atomic E-state index is -1.56. The van der Waals surface area contributed by atoms with Crippen LogP contribution in [-0.4, -0.2) is 48.9 Å². The molecule has 6 rings (SSSR count). The molecule has 3 fully saturated rings. The van der Waals surface area contributed by atoms with Gasteiger partial charge in [0.05, 0.1) is 22.5 Å². The van der Waals surface area contributed by atoms with Crippen molar-refractivity contribution in [2.24, 2.45) is 11.6 Å². The molecule has 4 unspecified atom stereocenters. The van der Waals surface area contributed by atoms with Gasteiger partial charge in [0.2, 0.25) is 0 Å². The average Bonchev–Trinajstić information content (AvgIpc) is 3.80. The molecule has 10 heteroatoms. The Bertz CT molecular complexity index is 1400. The van der Waals surface area contributed by atoms with Gasteiger partial charge in [-0.25, -0.2) is 18.8 Å². The smallest absolute Gasteiger partial charge is 0.185 e. The van der Waals surface area contributed by atoms with Gasteiger partial charge < -0.3 is 10.3 Å². The van der Waals surface area contributed by atoms with Crippen molar-refractivity contribution in [2.45, 2.75) is 101 Å². The van der Waals surface area contributed by atoms with Gasteiger partial charge in [-0.15, -0.1) is 0 Å². The molecule has 0 spiro atoms. The summed E-state index contributed by atoms with van der Waals surface area (Å²) in [5, 5.41) is 0.975. The van der Waals surface area contributed by atoms with E-state index >= 15 is 0 Å². The monoisotopic (exact) mass is 570 g/mol. The van der Waals surface area contributed by atoms with Crippen molar-refractivity contribution in [1.82, 2.24) is 19.5 Å². The second kappa shape index (κ2) is 10.5. The number of hydrogen-bond donors (Lipinski definition) is 2. The summed E-state index contributed by atoms with van der Waals surface area (Å²) in [6.45, 7) is 7.05. The Kier molecular flexibility index (Phi) is 7.66. The highest BCUT2D eigenvalue weighted by Gasteiger charge is 2.52. The Hall–Kier alpha value is -2.32. The minimum Gasteiger partial charge on any atom is -0.322 e. The molecule has 1 saturated heterocycles. The third kappa shape index (κ3) is 5.71. The summed E-state index contributed by atoms with van der Waals surface area (Å²) in [4.78, 5) is 23.1. The zero-order chi connectivity index (χ0) is 29.0. The second-order valence-electron chi connectivity index (χ2n) is 12.5. The van der Waals surface area contributed by atoms with E-state index in [2.05, 4.69) is 13.8 Å². The van der Waals surface area contributed by atoms with E-state index in [9.17, 15) is 13.6 Å². The zero-order valence-corrected chi connectivity index (χ0v) is 25.0. The van der Waals surface area contributed by atoms with Gasteiger partial charge in [-0.1, -0.05) is 34.6 Å². The van der Waals surface area contributed by atoms with Gasteiger partial charge in [-0.2, -0.15) is 0 Å². The lowest BCUT2D eigenvalue weighted by atomic mass is 9.94. The fourth-order valence-electron chi connectivity index (χ4n) is 5.49. The first-order valence-corrected chi connectivity index (χ1v) is 14.8. The molecule has 40 heavy (non-hydrogen) atoms. The molecule has 1 aliphatic heterocycles. The molecule has 4 N–H and O–H groups in total. The van der Waals surface area contributed by atoms with Crippen molar-refractivity contribution in [3.8, 4) is 11.4 Å². The summed E-state index contributed by atoms with van der Waals surface area (Å²) in [6.07, 6.45) is 10.6. The van der Waals surface area contributed by atoms with Crippen molar-refractivity contribution >= 4 is 26.1 Å². The summed E-state index contributed by atoms with van der Waals surface area (Å²) in [6, 6.07) is 5.65. The van der Waals surface area contributed by atoms with Gasteiger partial charge >= 0.3 is 0 Å². The number of carbonyl (C=O) groups excluding carboxylic acids is 1. The summed E-state index contributed by atoms with van der Waals surface area (Å²) < 4.78 is 29.9. The second-order valence-corrected chi connectivity index (χ2v) is 13.6. The van der Waals surface area contributed by atoms with E-state index in [4.69, 9.17) is 21.5 Å². The summed E-state index contributed by atoms with van der Waals surface area (Å²) >= 11 is 0. The number of ketones is 1. The average molecular weight is 571 g/mol. The Labute approximate surface area is 237 Å². The normalized spacial score (nSPS) is 23.7. The summed E-state index contributed by atoms with van der Waals surface area (Å²) in [5.74, 6) is 5.88. The van der Waals surface area contributed by atoms with E-state index in [0.29, 0.717) is 23.1 Å². The molecule has 2 aliphatic carbocycles. The number of hydrazine groups is 1. The van der Waals surface area contributed by atoms with Crippen molar-refractivity contribution < 1.29 is 13.6 Å². The van der Waals surface area contributed by atoms with Crippen LogP contribution in [-0.2, 0) is 5.67 Å². The first-order valence-electron chi connectivity index (χ1n) is 14.2. The van der Waals surface area contributed by atoms with E-state index < -0.39 is 16.6 Å². The number of fused-ring (bicyclic) bond motifs is 1. The van der Waals surface area contributed by atoms with E-state index in [1.165, 1.54) is 32.2 Å². The highest BCUT2D eigenvalue weighted by Crippen LogP contribution is 2.48. The van der Waals surface area contributed by atoms with Gasteiger partial charge in [-0.3, -0.25) is 15.6 Å². The zero-order valence-electron chi connectivity index (χ0n) is 23.9. The topological polar surface area (TPSA) is 103 Å². The summed E-state index contributed by atoms with van der Waals surface area (Å²) in [7, 11) is 2.13. The van der Waals surface area contributed by atoms with Crippen LogP contribution in [0.3, 0.4) is 0 Å². The van der Waals surface area contributed by atoms with Crippen LogP contribution < -0.4 is 11.6 Å². The molecule has 2 saturated carbocycles. The number of rotatable bonds is 6. The predicted octanol–water partition coefficient (Wildman–Crippen LogP) is 5.90. The number of nitrogens with zero attached hydrogens (tertiary/aromatic N) is 4. The molecule has 0 radical (unpaired) electrons. The van der Waals surface area contributed by atoms with Crippen molar-refractivity contribution in [3.05, 3.63) is 47.3 Å². The molecule has 0 aromatic carbocycles. The number of halogens is 2. The molecule has 3 aliphatic rings. The molecule has 7 nitrogen and oxygen atoms in total. The van der Waals surface area contributed by atoms with Crippen LogP contribution in [0.4, 0.5) is 8.78 Å². The van der Waals surface area contributed by atoms with Crippen LogP contribution in [0.1, 0.15) is 93.2 Å². The fraction of sp³-hybridized carbons (Fsp3) is 0.567. The number of aryl methyl sites for hydroxylation is 1. The number of aromatic nitrogens is 3. The molecule has 4 heterocycles. The molecular weight excluding hydrogens is 529 g/mol. The standard InChI is InChI=1S/C25H30FN5O.C5H11FNP/c1-15-9-10-19(28-12-15)22-21(23(32)20-14-30(20)27)18-11-16(25(2,3)26)13-29-24(18)31(22)17-7-5-4-6-8-17;1-4(6,8)5(7)2-3-5/h9-13,17,20H,4-8,14,27H2,1-3H3;2-3,7-8H2,1H3. The molecule has 0 amide bonds. The van der Waals surface area contributed by atoms with E-state index in [0.717, 1.165) is 61.1 Å². The van der Waals surface area contributed by atoms with E-state index in [1.807, 2.05) is 25.3 Å². The predicted molar refractivity (Wildman–Crippen MR) is 158 cm³/mol. The number of Topliss-reactive ketones (excluding diaryl/α,β-unsaturated/α-hetero) is 1. The maximum atomic E-state index is 14.9. The third-order valence-corrected chi connectivity index (χ3v) is 9.16. The van der Waals surface area contributed by atoms with E-state index in [-0.39, 0.29) is 17.9 Å². The number of alkyl halides is 2. The maximum Gasteiger partial charge on any atom is 0.185 e. The van der Waals surface area contributed by atoms with Gasteiger partial charge in [0.15, 0.2) is 5.78 Å². The first kappa shape index (κ1) is 29.2. The van der Waals surface area contributed by atoms with Gasteiger partial charge in [0, 0.05) is 35.9 Å². The molecule has 4 atom stereocenters. The number of carbonyl (C=O) groups is 1. The molecule has 0 bridgehead atoms. The Morgan fingerprint density at radius 2 is 1.75 bits per heavy atom. The lowest BCUT2D eigenvalue weighted by Gasteiger charge is -2.26. The lowest BCUT2D eigenvalue weighted by molar-refractivity contribution is 0.0977. The number of nitrogens with two attached hydrogens (primary N) is 2. The Morgan fingerprint density at radius 3 is 2.23 bits per heavy atom. The third-order valence-electron chi connectivity index (χ3n) is 8.58. The van der Waals surface area contributed by atoms with Crippen molar-refractivity contribution in [3.63, 3.8) is 0 Å². The van der Waals surface area contributed by atoms with Gasteiger partial charge in [-0.05, 0) is 71.1 Å².